The van der Waals surface area contributed by atoms with E-state index in [9.17, 15) is 9.90 Å². The van der Waals surface area contributed by atoms with Crippen molar-refractivity contribution >= 4 is 5.97 Å². The largest absolute Gasteiger partial charge is 0.455 e. The van der Waals surface area contributed by atoms with Crippen LogP contribution in [0.1, 0.15) is 117 Å². The molecule has 2 saturated heterocycles. The van der Waals surface area contributed by atoms with E-state index in [-0.39, 0.29) is 55.5 Å². The van der Waals surface area contributed by atoms with Crippen LogP contribution >= 0.6 is 0 Å². The summed E-state index contributed by atoms with van der Waals surface area (Å²) < 4.78 is 40.8. The number of carbonyl (C=O) groups excluding carboxylic acids is 1. The lowest BCUT2D eigenvalue weighted by Crippen LogP contribution is -2.35. The fourth-order valence-electron chi connectivity index (χ4n) is 6.57. The Morgan fingerprint density at radius 1 is 0.864 bits per heavy atom. The van der Waals surface area contributed by atoms with Crippen molar-refractivity contribution in [2.45, 2.75) is 165 Å². The maximum absolute atomic E-state index is 11.8. The van der Waals surface area contributed by atoms with E-state index in [1.54, 1.807) is 20.3 Å². The molecule has 1 N–H and O–H groups in total. The van der Waals surface area contributed by atoms with E-state index in [4.69, 9.17) is 33.2 Å². The molecule has 0 bridgehead atoms. The molecule has 44 heavy (non-hydrogen) atoms. The summed E-state index contributed by atoms with van der Waals surface area (Å²) in [7, 11) is 3.31. The quantitative estimate of drug-likeness (QED) is 0.0554. The molecule has 9 nitrogen and oxygen atoms in total. The van der Waals surface area contributed by atoms with Crippen molar-refractivity contribution in [2.24, 2.45) is 0 Å². The number of rotatable bonds is 24. The van der Waals surface area contributed by atoms with Crippen LogP contribution in [-0.2, 0) is 38.0 Å². The third-order valence-electron chi connectivity index (χ3n) is 8.95. The number of hydrogen-bond acceptors (Lipinski definition) is 9. The van der Waals surface area contributed by atoms with Gasteiger partial charge in [-0.1, -0.05) is 57.6 Å². The Labute approximate surface area is 266 Å². The second-order valence-electron chi connectivity index (χ2n) is 12.7. The van der Waals surface area contributed by atoms with Gasteiger partial charge in [0.1, 0.15) is 19.7 Å². The Kier molecular flexibility index (Phi) is 18.1. The SMILES string of the molecule is CCCCCCCC[C@@H](OCOC)[C@H]1CC[C@H]([C@H]2CC[C@H]([C@@H](C/C=C/CCC[C@@H](O)CC3=C[C@H](C)OC3=O)OCOC)O2)O1. The predicted octanol–water partition coefficient (Wildman–Crippen LogP) is 6.55. The third-order valence-corrected chi connectivity index (χ3v) is 8.95. The van der Waals surface area contributed by atoms with Gasteiger partial charge in [-0.3, -0.25) is 0 Å². The second kappa shape index (κ2) is 21.5. The number of methoxy groups -OCH3 is 2. The summed E-state index contributed by atoms with van der Waals surface area (Å²) in [6, 6.07) is 0. The molecule has 254 valence electrons. The normalized spacial score (nSPS) is 27.6. The van der Waals surface area contributed by atoms with Gasteiger partial charge in [0.25, 0.3) is 0 Å². The van der Waals surface area contributed by atoms with Gasteiger partial charge in [0, 0.05) is 26.2 Å². The first-order valence-corrected chi connectivity index (χ1v) is 17.2. The molecule has 8 atom stereocenters. The van der Waals surface area contributed by atoms with Crippen LogP contribution in [0.3, 0.4) is 0 Å². The van der Waals surface area contributed by atoms with Crippen molar-refractivity contribution in [1.29, 1.82) is 0 Å². The number of unbranched alkanes of at least 4 members (excludes halogenated alkanes) is 6. The monoisotopic (exact) mass is 624 g/mol. The van der Waals surface area contributed by atoms with E-state index in [1.807, 2.05) is 6.92 Å². The van der Waals surface area contributed by atoms with Gasteiger partial charge in [0.2, 0.25) is 0 Å². The molecule has 0 amide bonds. The molecular formula is C35H60O9. The zero-order valence-electron chi connectivity index (χ0n) is 27.8. The second-order valence-corrected chi connectivity index (χ2v) is 12.7. The number of aliphatic hydroxyl groups excluding tert-OH is 1. The zero-order chi connectivity index (χ0) is 31.6. The van der Waals surface area contributed by atoms with Crippen LogP contribution in [0.25, 0.3) is 0 Å². The molecule has 3 aliphatic rings. The number of esters is 1. The first-order chi connectivity index (χ1) is 21.4. The fraction of sp³-hybridized carbons (Fsp3) is 0.857. The molecule has 3 aliphatic heterocycles. The lowest BCUT2D eigenvalue weighted by atomic mass is 10.0. The Bertz CT molecular complexity index is 846. The third kappa shape index (κ3) is 13.2. The molecule has 0 aliphatic carbocycles. The van der Waals surface area contributed by atoms with Gasteiger partial charge in [-0.25, -0.2) is 4.79 Å². The minimum Gasteiger partial charge on any atom is -0.455 e. The first-order valence-electron chi connectivity index (χ1n) is 17.2. The topological polar surface area (TPSA) is 102 Å². The maximum atomic E-state index is 11.8. The molecule has 0 unspecified atom stereocenters. The lowest BCUT2D eigenvalue weighted by molar-refractivity contribution is -0.156. The van der Waals surface area contributed by atoms with Gasteiger partial charge in [-0.2, -0.15) is 0 Å². The van der Waals surface area contributed by atoms with E-state index >= 15 is 0 Å². The molecule has 0 saturated carbocycles. The minimum atomic E-state index is -0.538. The van der Waals surface area contributed by atoms with Crippen molar-refractivity contribution < 1.29 is 43.1 Å². The minimum absolute atomic E-state index is 0.00485. The van der Waals surface area contributed by atoms with Crippen molar-refractivity contribution in [3.8, 4) is 0 Å². The highest BCUT2D eigenvalue weighted by molar-refractivity contribution is 5.90. The highest BCUT2D eigenvalue weighted by Gasteiger charge is 2.41. The lowest BCUT2D eigenvalue weighted by Gasteiger charge is -2.27. The average molecular weight is 625 g/mol. The molecule has 3 heterocycles. The van der Waals surface area contributed by atoms with Gasteiger partial charge < -0.3 is 38.3 Å². The van der Waals surface area contributed by atoms with E-state index in [0.29, 0.717) is 25.2 Å². The van der Waals surface area contributed by atoms with Crippen LogP contribution in [0, 0.1) is 0 Å². The summed E-state index contributed by atoms with van der Waals surface area (Å²) >= 11 is 0. The van der Waals surface area contributed by atoms with Crippen molar-refractivity contribution in [3.05, 3.63) is 23.8 Å². The highest BCUT2D eigenvalue weighted by Crippen LogP contribution is 2.35. The number of allylic oxidation sites excluding steroid dienone is 1. The molecule has 9 heteroatoms. The summed E-state index contributed by atoms with van der Waals surface area (Å²) in [5.74, 6) is -0.307. The molecule has 3 rings (SSSR count). The summed E-state index contributed by atoms with van der Waals surface area (Å²) in [6.45, 7) is 4.60. The Morgan fingerprint density at radius 3 is 2.14 bits per heavy atom. The van der Waals surface area contributed by atoms with Crippen LogP contribution < -0.4 is 0 Å². The molecule has 0 radical (unpaired) electrons. The van der Waals surface area contributed by atoms with Crippen LogP contribution in [0.4, 0.5) is 0 Å². The zero-order valence-corrected chi connectivity index (χ0v) is 27.8. The molecule has 0 aromatic rings. The average Bonchev–Trinajstić information content (AvgIpc) is 3.76. The predicted molar refractivity (Wildman–Crippen MR) is 169 cm³/mol. The molecule has 0 aromatic heterocycles. The Hall–Kier alpha value is -1.33. The van der Waals surface area contributed by atoms with Gasteiger partial charge in [0.15, 0.2) is 0 Å². The number of aliphatic hydroxyl groups is 1. The molecule has 0 spiro atoms. The van der Waals surface area contributed by atoms with E-state index < -0.39 is 6.10 Å². The summed E-state index contributed by atoms with van der Waals surface area (Å²) in [5, 5.41) is 10.3. The van der Waals surface area contributed by atoms with Crippen LogP contribution in [0.15, 0.2) is 23.8 Å². The van der Waals surface area contributed by atoms with Gasteiger partial charge in [-0.15, -0.1) is 0 Å². The van der Waals surface area contributed by atoms with Gasteiger partial charge in [-0.05, 0) is 70.8 Å². The Balaban J connectivity index is 1.39. The van der Waals surface area contributed by atoms with E-state index in [2.05, 4.69) is 19.1 Å². The molecular weight excluding hydrogens is 564 g/mol. The summed E-state index contributed by atoms with van der Waals surface area (Å²) in [4.78, 5) is 11.8. The number of cyclic esters (lactones) is 1. The summed E-state index contributed by atoms with van der Waals surface area (Å²) in [6.07, 6.45) is 21.4. The van der Waals surface area contributed by atoms with Crippen LogP contribution in [-0.4, -0.2) is 87.7 Å². The van der Waals surface area contributed by atoms with Gasteiger partial charge in [0.05, 0.1) is 42.7 Å². The van der Waals surface area contributed by atoms with Gasteiger partial charge >= 0.3 is 5.97 Å². The van der Waals surface area contributed by atoms with Crippen molar-refractivity contribution in [1.82, 2.24) is 0 Å². The number of ether oxygens (including phenoxy) is 7. The summed E-state index contributed by atoms with van der Waals surface area (Å²) in [5.41, 5.74) is 0.583. The van der Waals surface area contributed by atoms with Crippen molar-refractivity contribution in [2.75, 3.05) is 27.8 Å². The maximum Gasteiger partial charge on any atom is 0.334 e. The van der Waals surface area contributed by atoms with Crippen LogP contribution in [0.5, 0.6) is 0 Å². The fourth-order valence-corrected chi connectivity index (χ4v) is 6.57. The van der Waals surface area contributed by atoms with E-state index in [1.165, 1.54) is 32.1 Å². The van der Waals surface area contributed by atoms with Crippen LogP contribution in [0.2, 0.25) is 0 Å². The van der Waals surface area contributed by atoms with E-state index in [0.717, 1.165) is 57.8 Å². The molecule has 0 aromatic carbocycles. The Morgan fingerprint density at radius 2 is 1.50 bits per heavy atom. The first kappa shape index (κ1) is 37.1. The number of hydrogen-bond donors (Lipinski definition) is 1. The highest BCUT2D eigenvalue weighted by atomic mass is 16.7. The van der Waals surface area contributed by atoms with Crippen molar-refractivity contribution in [3.63, 3.8) is 0 Å². The molecule has 2 fully saturated rings. The standard InChI is InChI=1S/C35H60O9/c1-5-6-7-8-9-13-16-29(40-24-38-3)31-18-20-33(43-31)34-21-19-32(44-34)30(41-25-39-4)17-14-11-10-12-15-28(36)23-27-22-26(2)42-35(27)37/h11,14,22,26,28-34,36H,5-10,12-13,15-21,23-25H2,1-4H3/b14-11+/t26-,28+,29+,30+,31+,32+,33+,34+/m0/s1. The smallest absolute Gasteiger partial charge is 0.334 e. The number of carbonyl (C=O) groups is 1.